The van der Waals surface area contributed by atoms with Crippen LogP contribution in [0, 0.1) is 13.8 Å². The average molecular weight is 443 g/mol. The minimum Gasteiger partial charge on any atom is -0.462 e. The Labute approximate surface area is 186 Å². The lowest BCUT2D eigenvalue weighted by molar-refractivity contribution is 0.0526. The summed E-state index contributed by atoms with van der Waals surface area (Å²) in [5.41, 5.74) is 5.07. The zero-order valence-electron chi connectivity index (χ0n) is 17.0. The summed E-state index contributed by atoms with van der Waals surface area (Å²) in [5.74, 6) is -0.343. The predicted molar refractivity (Wildman–Crippen MR) is 124 cm³/mol. The molecule has 2 aromatic carbocycles. The van der Waals surface area contributed by atoms with Crippen LogP contribution >= 0.6 is 23.8 Å². The van der Waals surface area contributed by atoms with Crippen molar-refractivity contribution in [2.24, 2.45) is 0 Å². The number of rotatable bonds is 6. The van der Waals surface area contributed by atoms with Crippen LogP contribution in [0.5, 0.6) is 0 Å². The first kappa shape index (κ1) is 21.8. The van der Waals surface area contributed by atoms with Gasteiger partial charge < -0.3 is 15.4 Å². The molecule has 8 heteroatoms. The highest BCUT2D eigenvalue weighted by Gasteiger charge is 2.13. The number of aromatic nitrogens is 2. The highest BCUT2D eigenvalue weighted by molar-refractivity contribution is 7.80. The van der Waals surface area contributed by atoms with Gasteiger partial charge in [0.25, 0.3) is 0 Å². The first-order chi connectivity index (χ1) is 14.4. The van der Waals surface area contributed by atoms with Gasteiger partial charge in [0.15, 0.2) is 5.11 Å². The van der Waals surface area contributed by atoms with Crippen LogP contribution in [-0.2, 0) is 11.3 Å². The molecule has 0 spiro atoms. The predicted octanol–water partition coefficient (Wildman–Crippen LogP) is 5.19. The van der Waals surface area contributed by atoms with Crippen LogP contribution in [0.3, 0.4) is 0 Å². The van der Waals surface area contributed by atoms with E-state index in [0.717, 1.165) is 28.3 Å². The molecule has 30 heavy (non-hydrogen) atoms. The maximum absolute atomic E-state index is 11.7. The fourth-order valence-corrected chi connectivity index (χ4v) is 3.32. The lowest BCUT2D eigenvalue weighted by atomic mass is 10.2. The van der Waals surface area contributed by atoms with E-state index in [9.17, 15) is 4.79 Å². The topological polar surface area (TPSA) is 68.2 Å². The van der Waals surface area contributed by atoms with E-state index in [2.05, 4.69) is 15.7 Å². The molecule has 2 N–H and O–H groups in total. The van der Waals surface area contributed by atoms with Crippen molar-refractivity contribution < 1.29 is 9.53 Å². The smallest absolute Gasteiger partial charge is 0.338 e. The van der Waals surface area contributed by atoms with Crippen molar-refractivity contribution in [3.8, 4) is 0 Å². The van der Waals surface area contributed by atoms with Gasteiger partial charge in [-0.25, -0.2) is 4.79 Å². The number of thiocarbonyl (C=S) groups is 1. The molecule has 0 amide bonds. The summed E-state index contributed by atoms with van der Waals surface area (Å²) in [4.78, 5) is 11.7. The molecular formula is C22H23ClN4O2S. The van der Waals surface area contributed by atoms with Gasteiger partial charge in [0.05, 0.1) is 35.8 Å². The number of ether oxygens (including phenoxy) is 1. The Morgan fingerprint density at radius 3 is 2.40 bits per heavy atom. The van der Waals surface area contributed by atoms with Crippen LogP contribution in [0.2, 0.25) is 5.02 Å². The number of benzene rings is 2. The number of carbonyl (C=O) groups is 1. The van der Waals surface area contributed by atoms with Crippen molar-refractivity contribution in [3.63, 3.8) is 0 Å². The van der Waals surface area contributed by atoms with E-state index in [4.69, 9.17) is 28.6 Å². The maximum atomic E-state index is 11.7. The Hall–Kier alpha value is -2.90. The first-order valence-electron chi connectivity index (χ1n) is 9.51. The molecule has 3 rings (SSSR count). The monoisotopic (exact) mass is 442 g/mol. The number of esters is 1. The Morgan fingerprint density at radius 1 is 1.10 bits per heavy atom. The summed E-state index contributed by atoms with van der Waals surface area (Å²) in [6, 6.07) is 14.7. The lowest BCUT2D eigenvalue weighted by Gasteiger charge is -2.12. The normalized spacial score (nSPS) is 10.5. The highest BCUT2D eigenvalue weighted by Crippen LogP contribution is 2.21. The summed E-state index contributed by atoms with van der Waals surface area (Å²) >= 11 is 11.4. The second kappa shape index (κ2) is 9.73. The van der Waals surface area contributed by atoms with E-state index in [1.807, 2.05) is 42.8 Å². The molecule has 0 fully saturated rings. The molecule has 0 saturated carbocycles. The lowest BCUT2D eigenvalue weighted by Crippen LogP contribution is -2.20. The molecule has 0 saturated heterocycles. The van der Waals surface area contributed by atoms with Gasteiger partial charge in [0.2, 0.25) is 0 Å². The number of hydrogen-bond acceptors (Lipinski definition) is 4. The van der Waals surface area contributed by atoms with E-state index < -0.39 is 0 Å². The standard InChI is InChI=1S/C22H23ClN4O2S/c1-4-29-21(28)17-7-11-19(12-8-17)24-22(30)25-20-14(2)26-27(15(20)3)13-16-5-9-18(23)10-6-16/h5-12H,4,13H2,1-3H3,(H2,24,25,30). The van der Waals surface area contributed by atoms with Crippen molar-refractivity contribution in [3.05, 3.63) is 76.1 Å². The molecule has 1 aromatic heterocycles. The van der Waals surface area contributed by atoms with E-state index in [0.29, 0.717) is 28.9 Å². The third kappa shape index (κ3) is 5.37. The van der Waals surface area contributed by atoms with Gasteiger partial charge in [-0.1, -0.05) is 23.7 Å². The molecule has 6 nitrogen and oxygen atoms in total. The van der Waals surface area contributed by atoms with Crippen LogP contribution in [0.15, 0.2) is 48.5 Å². The van der Waals surface area contributed by atoms with Crippen LogP contribution in [0.4, 0.5) is 11.4 Å². The maximum Gasteiger partial charge on any atom is 0.338 e. The van der Waals surface area contributed by atoms with Crippen LogP contribution in [-0.4, -0.2) is 27.5 Å². The molecule has 0 atom stereocenters. The van der Waals surface area contributed by atoms with E-state index in [-0.39, 0.29) is 5.97 Å². The molecule has 0 aliphatic carbocycles. The second-order valence-electron chi connectivity index (χ2n) is 6.71. The van der Waals surface area contributed by atoms with Crippen LogP contribution in [0.1, 0.15) is 34.2 Å². The van der Waals surface area contributed by atoms with Gasteiger partial charge >= 0.3 is 5.97 Å². The number of halogens is 1. The average Bonchev–Trinajstić information content (AvgIpc) is 2.98. The molecular weight excluding hydrogens is 420 g/mol. The zero-order valence-corrected chi connectivity index (χ0v) is 18.6. The number of anilines is 2. The van der Waals surface area contributed by atoms with Crippen molar-refractivity contribution in [1.29, 1.82) is 0 Å². The number of aryl methyl sites for hydroxylation is 1. The highest BCUT2D eigenvalue weighted by atomic mass is 35.5. The fraction of sp³-hybridized carbons (Fsp3) is 0.227. The van der Waals surface area contributed by atoms with Gasteiger partial charge in [-0.2, -0.15) is 5.10 Å². The van der Waals surface area contributed by atoms with Crippen LogP contribution < -0.4 is 10.6 Å². The Morgan fingerprint density at radius 2 is 1.77 bits per heavy atom. The number of carbonyl (C=O) groups excluding carboxylic acids is 1. The molecule has 0 radical (unpaired) electrons. The molecule has 0 unspecified atom stereocenters. The molecule has 0 aliphatic rings. The summed E-state index contributed by atoms with van der Waals surface area (Å²) in [7, 11) is 0. The number of nitrogens with zero attached hydrogens (tertiary/aromatic N) is 2. The molecule has 3 aromatic rings. The summed E-state index contributed by atoms with van der Waals surface area (Å²) in [6.45, 7) is 6.69. The second-order valence-corrected chi connectivity index (χ2v) is 7.55. The minimum atomic E-state index is -0.343. The van der Waals surface area contributed by atoms with Crippen molar-refractivity contribution in [2.75, 3.05) is 17.2 Å². The van der Waals surface area contributed by atoms with E-state index in [1.165, 1.54) is 0 Å². The zero-order chi connectivity index (χ0) is 21.7. The van der Waals surface area contributed by atoms with Crippen molar-refractivity contribution in [2.45, 2.75) is 27.3 Å². The van der Waals surface area contributed by atoms with Gasteiger partial charge in [0, 0.05) is 10.7 Å². The minimum absolute atomic E-state index is 0.343. The third-order valence-electron chi connectivity index (χ3n) is 4.52. The van der Waals surface area contributed by atoms with Crippen LogP contribution in [0.25, 0.3) is 0 Å². The quantitative estimate of drug-likeness (QED) is 0.404. The Kier molecular flexibility index (Phi) is 7.07. The van der Waals surface area contributed by atoms with Gasteiger partial charge in [0.1, 0.15) is 0 Å². The number of hydrogen-bond donors (Lipinski definition) is 2. The Bertz CT molecular complexity index is 1050. The fourth-order valence-electron chi connectivity index (χ4n) is 2.97. The molecule has 1 heterocycles. The first-order valence-corrected chi connectivity index (χ1v) is 10.3. The van der Waals surface area contributed by atoms with Gasteiger partial charge in [-0.15, -0.1) is 0 Å². The number of nitrogens with one attached hydrogen (secondary N) is 2. The van der Waals surface area contributed by atoms with Gasteiger partial charge in [-0.3, -0.25) is 4.68 Å². The van der Waals surface area contributed by atoms with Crippen molar-refractivity contribution >= 4 is 46.3 Å². The Balaban J connectivity index is 1.66. The third-order valence-corrected chi connectivity index (χ3v) is 4.98. The SMILES string of the molecule is CCOC(=O)c1ccc(NC(=S)Nc2c(C)nn(Cc3ccc(Cl)cc3)c2C)cc1. The summed E-state index contributed by atoms with van der Waals surface area (Å²) in [5, 5.41) is 12.1. The summed E-state index contributed by atoms with van der Waals surface area (Å²) < 4.78 is 6.92. The summed E-state index contributed by atoms with van der Waals surface area (Å²) in [6.07, 6.45) is 0. The largest absolute Gasteiger partial charge is 0.462 e. The molecule has 0 aliphatic heterocycles. The van der Waals surface area contributed by atoms with Crippen molar-refractivity contribution in [1.82, 2.24) is 9.78 Å². The molecule has 0 bridgehead atoms. The van der Waals surface area contributed by atoms with E-state index in [1.54, 1.807) is 31.2 Å². The molecule has 156 valence electrons. The van der Waals surface area contributed by atoms with E-state index >= 15 is 0 Å². The van der Waals surface area contributed by atoms with Gasteiger partial charge in [-0.05, 0) is 75.0 Å².